The average Bonchev–Trinajstić information content (AvgIpc) is 2.26. The summed E-state index contributed by atoms with van der Waals surface area (Å²) in [5.74, 6) is -1.19. The third-order valence-corrected chi connectivity index (χ3v) is 1.49. The molecule has 0 atom stereocenters. The van der Waals surface area contributed by atoms with Crippen LogP contribution >= 0.6 is 0 Å². The van der Waals surface area contributed by atoms with Crippen molar-refractivity contribution in [1.82, 2.24) is 0 Å². The van der Waals surface area contributed by atoms with E-state index in [1.807, 2.05) is 0 Å². The van der Waals surface area contributed by atoms with Gasteiger partial charge in [0.1, 0.15) is 19.8 Å². The Labute approximate surface area is 99.5 Å². The molecule has 0 spiro atoms. The number of hydrogen-bond acceptors (Lipinski definition) is 6. The van der Waals surface area contributed by atoms with Crippen molar-refractivity contribution in [2.75, 3.05) is 26.9 Å². The largest absolute Gasteiger partial charge is 0.460 e. The highest BCUT2D eigenvalue weighted by Crippen LogP contribution is 1.90. The van der Waals surface area contributed by atoms with E-state index in [4.69, 9.17) is 4.74 Å². The number of carbonyl (C=O) groups is 3. The zero-order chi connectivity index (χ0) is 13.1. The Kier molecular flexibility index (Phi) is 8.58. The molecule has 0 aliphatic rings. The van der Waals surface area contributed by atoms with Crippen LogP contribution in [0.3, 0.4) is 0 Å². The summed E-state index contributed by atoms with van der Waals surface area (Å²) in [6.45, 7) is 1.09. The van der Waals surface area contributed by atoms with Gasteiger partial charge in [-0.2, -0.15) is 0 Å². The molecule has 0 aromatic carbocycles. The van der Waals surface area contributed by atoms with Gasteiger partial charge in [-0.25, -0.2) is 4.79 Å². The molecule has 6 heteroatoms. The standard InChI is InChI=1S/C11H16O6/c1-9(12)7-17-10(13)5-3-4-6-16-11(14)8-15-2/h3-4H,5-8H2,1-2H3. The first kappa shape index (κ1) is 15.3. The van der Waals surface area contributed by atoms with Crippen molar-refractivity contribution < 1.29 is 28.6 Å². The predicted octanol–water partition coefficient (Wildman–Crippen LogP) is 0.255. The number of ketones is 1. The highest BCUT2D eigenvalue weighted by molar-refractivity contribution is 5.80. The summed E-state index contributed by atoms with van der Waals surface area (Å²) in [6, 6.07) is 0. The molecule has 96 valence electrons. The lowest BCUT2D eigenvalue weighted by molar-refractivity contribution is -0.146. The molecule has 0 radical (unpaired) electrons. The Hall–Kier alpha value is -1.69. The van der Waals surface area contributed by atoms with Crippen molar-refractivity contribution in [2.24, 2.45) is 0 Å². The van der Waals surface area contributed by atoms with Gasteiger partial charge >= 0.3 is 11.9 Å². The van der Waals surface area contributed by atoms with Crippen LogP contribution in [0.1, 0.15) is 13.3 Å². The Morgan fingerprint density at radius 3 is 2.29 bits per heavy atom. The molecule has 0 saturated carbocycles. The number of esters is 2. The lowest BCUT2D eigenvalue weighted by Gasteiger charge is -2.00. The summed E-state index contributed by atoms with van der Waals surface area (Å²) in [5, 5.41) is 0. The molecule has 0 aromatic rings. The first-order chi connectivity index (χ1) is 8.06. The summed E-state index contributed by atoms with van der Waals surface area (Å²) in [6.07, 6.45) is 3.06. The van der Waals surface area contributed by atoms with Gasteiger partial charge in [0.15, 0.2) is 5.78 Å². The van der Waals surface area contributed by atoms with E-state index >= 15 is 0 Å². The maximum atomic E-state index is 11.0. The zero-order valence-corrected chi connectivity index (χ0v) is 9.93. The summed E-state index contributed by atoms with van der Waals surface area (Å²) >= 11 is 0. The summed E-state index contributed by atoms with van der Waals surface area (Å²) in [5.41, 5.74) is 0. The minimum absolute atomic E-state index is 0.0368. The Morgan fingerprint density at radius 1 is 1.00 bits per heavy atom. The van der Waals surface area contributed by atoms with Crippen LogP contribution in [-0.4, -0.2) is 44.7 Å². The smallest absolute Gasteiger partial charge is 0.332 e. The second-order valence-electron chi connectivity index (χ2n) is 3.15. The maximum Gasteiger partial charge on any atom is 0.332 e. The number of carbonyl (C=O) groups excluding carboxylic acids is 3. The lowest BCUT2D eigenvalue weighted by Crippen LogP contribution is -2.11. The van der Waals surface area contributed by atoms with E-state index in [-0.39, 0.29) is 32.0 Å². The molecule has 0 unspecified atom stereocenters. The van der Waals surface area contributed by atoms with Crippen molar-refractivity contribution in [3.63, 3.8) is 0 Å². The van der Waals surface area contributed by atoms with Crippen molar-refractivity contribution in [1.29, 1.82) is 0 Å². The van der Waals surface area contributed by atoms with Gasteiger partial charge in [0.05, 0.1) is 6.42 Å². The van der Waals surface area contributed by atoms with E-state index in [0.29, 0.717) is 0 Å². The van der Waals surface area contributed by atoms with E-state index in [9.17, 15) is 14.4 Å². The van der Waals surface area contributed by atoms with Crippen LogP contribution < -0.4 is 0 Å². The quantitative estimate of drug-likeness (QED) is 0.450. The molecular formula is C11H16O6. The predicted molar refractivity (Wildman–Crippen MR) is 58.2 cm³/mol. The number of Topliss-reactive ketones (excluding diaryl/α,β-unsaturated/α-hetero) is 1. The maximum absolute atomic E-state index is 11.0. The van der Waals surface area contributed by atoms with E-state index in [1.54, 1.807) is 0 Å². The first-order valence-electron chi connectivity index (χ1n) is 5.01. The molecule has 0 fully saturated rings. The fourth-order valence-electron chi connectivity index (χ4n) is 0.789. The van der Waals surface area contributed by atoms with Crippen LogP contribution in [0, 0.1) is 0 Å². The normalized spacial score (nSPS) is 10.2. The van der Waals surface area contributed by atoms with Gasteiger partial charge < -0.3 is 14.2 Å². The van der Waals surface area contributed by atoms with Crippen LogP contribution in [0.2, 0.25) is 0 Å². The second kappa shape index (κ2) is 9.53. The van der Waals surface area contributed by atoms with Gasteiger partial charge in [0, 0.05) is 7.11 Å². The van der Waals surface area contributed by atoms with Crippen LogP contribution in [0.15, 0.2) is 12.2 Å². The minimum Gasteiger partial charge on any atom is -0.460 e. The van der Waals surface area contributed by atoms with Crippen LogP contribution in [0.5, 0.6) is 0 Å². The molecule has 6 nitrogen and oxygen atoms in total. The summed E-state index contributed by atoms with van der Waals surface area (Å²) < 4.78 is 13.9. The highest BCUT2D eigenvalue weighted by atomic mass is 16.6. The van der Waals surface area contributed by atoms with E-state index in [0.717, 1.165) is 0 Å². The Balaban J connectivity index is 3.56. The molecule has 0 aliphatic carbocycles. The Bertz CT molecular complexity index is 294. The van der Waals surface area contributed by atoms with E-state index in [1.165, 1.54) is 26.2 Å². The van der Waals surface area contributed by atoms with Crippen molar-refractivity contribution in [3.8, 4) is 0 Å². The SMILES string of the molecule is COCC(=O)OCC=CCC(=O)OCC(C)=O. The summed E-state index contributed by atoms with van der Waals surface area (Å²) in [4.78, 5) is 32.3. The number of ether oxygens (including phenoxy) is 3. The molecule has 0 aromatic heterocycles. The topological polar surface area (TPSA) is 78.9 Å². The average molecular weight is 244 g/mol. The lowest BCUT2D eigenvalue weighted by atomic mass is 10.4. The molecule has 0 heterocycles. The molecule has 0 aliphatic heterocycles. The van der Waals surface area contributed by atoms with Crippen molar-refractivity contribution in [2.45, 2.75) is 13.3 Å². The number of methoxy groups -OCH3 is 1. The molecule has 0 saturated heterocycles. The van der Waals surface area contributed by atoms with Crippen LogP contribution in [0.25, 0.3) is 0 Å². The first-order valence-corrected chi connectivity index (χ1v) is 5.01. The third-order valence-electron chi connectivity index (χ3n) is 1.49. The van der Waals surface area contributed by atoms with Crippen molar-refractivity contribution in [3.05, 3.63) is 12.2 Å². The molecule has 0 amide bonds. The fourth-order valence-corrected chi connectivity index (χ4v) is 0.789. The van der Waals surface area contributed by atoms with Gasteiger partial charge in [-0.15, -0.1) is 0 Å². The molecular weight excluding hydrogens is 228 g/mol. The Morgan fingerprint density at radius 2 is 1.71 bits per heavy atom. The van der Waals surface area contributed by atoms with Gasteiger partial charge in [-0.05, 0) is 6.92 Å². The minimum atomic E-state index is -0.500. The molecule has 0 N–H and O–H groups in total. The van der Waals surface area contributed by atoms with Crippen LogP contribution in [-0.2, 0) is 28.6 Å². The van der Waals surface area contributed by atoms with Crippen LogP contribution in [0.4, 0.5) is 0 Å². The molecule has 0 bridgehead atoms. The second-order valence-corrected chi connectivity index (χ2v) is 3.15. The zero-order valence-electron chi connectivity index (χ0n) is 9.93. The van der Waals surface area contributed by atoms with E-state index in [2.05, 4.69) is 9.47 Å². The van der Waals surface area contributed by atoms with Gasteiger partial charge in [-0.1, -0.05) is 12.2 Å². The van der Waals surface area contributed by atoms with Crippen molar-refractivity contribution >= 4 is 17.7 Å². The molecule has 0 rings (SSSR count). The number of hydrogen-bond donors (Lipinski definition) is 0. The monoisotopic (exact) mass is 244 g/mol. The van der Waals surface area contributed by atoms with E-state index < -0.39 is 11.9 Å². The van der Waals surface area contributed by atoms with Gasteiger partial charge in [0.25, 0.3) is 0 Å². The highest BCUT2D eigenvalue weighted by Gasteiger charge is 2.01. The number of rotatable bonds is 8. The fraction of sp³-hybridized carbons (Fsp3) is 0.545. The van der Waals surface area contributed by atoms with Gasteiger partial charge in [-0.3, -0.25) is 9.59 Å². The third kappa shape index (κ3) is 10.6. The van der Waals surface area contributed by atoms with Gasteiger partial charge in [0.2, 0.25) is 0 Å². The molecule has 17 heavy (non-hydrogen) atoms. The summed E-state index contributed by atoms with van der Waals surface area (Å²) in [7, 11) is 1.39.